The molecule has 0 aliphatic heterocycles. The van der Waals surface area contributed by atoms with Crippen molar-refractivity contribution in [1.82, 2.24) is 0 Å². The van der Waals surface area contributed by atoms with Gasteiger partial charge in [0.05, 0.1) is 0 Å². The third-order valence-electron chi connectivity index (χ3n) is 5.73. The summed E-state index contributed by atoms with van der Waals surface area (Å²) >= 11 is 0. The Morgan fingerprint density at radius 3 is 2.35 bits per heavy atom. The van der Waals surface area contributed by atoms with Crippen LogP contribution in [-0.2, 0) is 5.41 Å². The number of rotatable bonds is 5. The Bertz CT molecular complexity index is 393. The van der Waals surface area contributed by atoms with Crippen molar-refractivity contribution in [2.75, 3.05) is 0 Å². The van der Waals surface area contributed by atoms with Crippen molar-refractivity contribution in [1.29, 1.82) is 0 Å². The standard InChI is InChI=1S/C19H31N/c1-4-19(5-2,17-12-7-6-8-13-17)18(20)16-11-9-10-15(3)14-16/h6-8,12-13,15-16,18H,4-5,9-11,14,20H2,1-3H3. The zero-order valence-corrected chi connectivity index (χ0v) is 13.4. The van der Waals surface area contributed by atoms with E-state index in [9.17, 15) is 0 Å². The van der Waals surface area contributed by atoms with Crippen molar-refractivity contribution in [2.45, 2.75) is 70.8 Å². The van der Waals surface area contributed by atoms with Crippen molar-refractivity contribution in [2.24, 2.45) is 17.6 Å². The normalized spacial score (nSPS) is 25.4. The minimum atomic E-state index is 0.156. The first-order valence-electron chi connectivity index (χ1n) is 8.45. The van der Waals surface area contributed by atoms with Gasteiger partial charge >= 0.3 is 0 Å². The molecule has 1 heteroatoms. The van der Waals surface area contributed by atoms with E-state index in [0.29, 0.717) is 12.0 Å². The average molecular weight is 273 g/mol. The molecular weight excluding hydrogens is 242 g/mol. The summed E-state index contributed by atoms with van der Waals surface area (Å²) in [5, 5.41) is 0. The Labute approximate surface area is 125 Å². The predicted octanol–water partition coefficient (Wildman–Crippen LogP) is 4.90. The molecule has 0 heterocycles. The van der Waals surface area contributed by atoms with Crippen molar-refractivity contribution in [3.63, 3.8) is 0 Å². The largest absolute Gasteiger partial charge is 0.327 e. The number of hydrogen-bond donors (Lipinski definition) is 1. The summed E-state index contributed by atoms with van der Waals surface area (Å²) in [5.74, 6) is 1.54. The number of benzene rings is 1. The maximum absolute atomic E-state index is 6.84. The Kier molecular flexibility index (Phi) is 5.26. The molecule has 0 amide bonds. The van der Waals surface area contributed by atoms with Crippen LogP contribution in [0.1, 0.15) is 64.9 Å². The molecule has 20 heavy (non-hydrogen) atoms. The molecule has 1 nitrogen and oxygen atoms in total. The highest BCUT2D eigenvalue weighted by atomic mass is 14.7. The molecule has 0 saturated heterocycles. The monoisotopic (exact) mass is 273 g/mol. The molecule has 1 saturated carbocycles. The van der Waals surface area contributed by atoms with Crippen LogP contribution in [0.3, 0.4) is 0 Å². The van der Waals surface area contributed by atoms with Gasteiger partial charge in [0, 0.05) is 11.5 Å². The van der Waals surface area contributed by atoms with Crippen LogP contribution in [0, 0.1) is 11.8 Å². The summed E-state index contributed by atoms with van der Waals surface area (Å²) < 4.78 is 0. The molecule has 3 unspecified atom stereocenters. The quantitative estimate of drug-likeness (QED) is 0.811. The zero-order chi connectivity index (χ0) is 14.6. The minimum Gasteiger partial charge on any atom is -0.327 e. The molecular formula is C19H31N. The van der Waals surface area contributed by atoms with Crippen LogP contribution in [0.2, 0.25) is 0 Å². The highest BCUT2D eigenvalue weighted by molar-refractivity contribution is 5.28. The fourth-order valence-corrected chi connectivity index (χ4v) is 4.35. The van der Waals surface area contributed by atoms with Gasteiger partial charge in [0.1, 0.15) is 0 Å². The SMILES string of the molecule is CCC(CC)(c1ccccc1)C(N)C1CCCC(C)C1. The van der Waals surface area contributed by atoms with Crippen molar-refractivity contribution in [3.8, 4) is 0 Å². The first-order valence-corrected chi connectivity index (χ1v) is 8.45. The molecule has 1 aliphatic rings. The topological polar surface area (TPSA) is 26.0 Å². The lowest BCUT2D eigenvalue weighted by Crippen LogP contribution is -2.50. The molecule has 0 spiro atoms. The fourth-order valence-electron chi connectivity index (χ4n) is 4.35. The fraction of sp³-hybridized carbons (Fsp3) is 0.684. The van der Waals surface area contributed by atoms with Gasteiger partial charge in [-0.2, -0.15) is 0 Å². The second-order valence-electron chi connectivity index (χ2n) is 6.79. The van der Waals surface area contributed by atoms with E-state index < -0.39 is 0 Å². The smallest absolute Gasteiger partial charge is 0.0165 e. The molecule has 1 aromatic rings. The van der Waals surface area contributed by atoms with Crippen molar-refractivity contribution < 1.29 is 0 Å². The van der Waals surface area contributed by atoms with Crippen LogP contribution in [-0.4, -0.2) is 6.04 Å². The lowest BCUT2D eigenvalue weighted by Gasteiger charge is -2.44. The van der Waals surface area contributed by atoms with E-state index in [2.05, 4.69) is 51.1 Å². The Morgan fingerprint density at radius 2 is 1.80 bits per heavy atom. The summed E-state index contributed by atoms with van der Waals surface area (Å²) in [6.45, 7) is 7.01. The second-order valence-corrected chi connectivity index (χ2v) is 6.79. The molecule has 3 atom stereocenters. The van der Waals surface area contributed by atoms with E-state index in [1.165, 1.54) is 31.2 Å². The molecule has 112 valence electrons. The summed E-state index contributed by atoms with van der Waals surface area (Å²) in [6.07, 6.45) is 7.66. The molecule has 0 aromatic heterocycles. The van der Waals surface area contributed by atoms with E-state index in [-0.39, 0.29) is 5.41 Å². The maximum atomic E-state index is 6.84. The van der Waals surface area contributed by atoms with Crippen molar-refractivity contribution in [3.05, 3.63) is 35.9 Å². The molecule has 0 bridgehead atoms. The molecule has 1 aliphatic carbocycles. The van der Waals surface area contributed by atoms with E-state index in [4.69, 9.17) is 5.73 Å². The van der Waals surface area contributed by atoms with Gasteiger partial charge in [0.2, 0.25) is 0 Å². The maximum Gasteiger partial charge on any atom is 0.0165 e. The van der Waals surface area contributed by atoms with Gasteiger partial charge in [-0.1, -0.05) is 63.9 Å². The van der Waals surface area contributed by atoms with Gasteiger partial charge in [0.15, 0.2) is 0 Å². The van der Waals surface area contributed by atoms with E-state index >= 15 is 0 Å². The van der Waals surface area contributed by atoms with Gasteiger partial charge in [-0.15, -0.1) is 0 Å². The molecule has 2 rings (SSSR count). The minimum absolute atomic E-state index is 0.156. The van der Waals surface area contributed by atoms with Crippen LogP contribution >= 0.6 is 0 Å². The second kappa shape index (κ2) is 6.76. The molecule has 1 aromatic carbocycles. The van der Waals surface area contributed by atoms with Gasteiger partial charge in [0.25, 0.3) is 0 Å². The molecule has 1 fully saturated rings. The highest BCUT2D eigenvalue weighted by Crippen LogP contribution is 2.42. The predicted molar refractivity (Wildman–Crippen MR) is 87.8 cm³/mol. The molecule has 0 radical (unpaired) electrons. The Hall–Kier alpha value is -0.820. The van der Waals surface area contributed by atoms with Crippen LogP contribution < -0.4 is 5.73 Å². The van der Waals surface area contributed by atoms with Gasteiger partial charge < -0.3 is 5.73 Å². The lowest BCUT2D eigenvalue weighted by atomic mass is 9.63. The number of nitrogens with two attached hydrogens (primary N) is 1. The van der Waals surface area contributed by atoms with Gasteiger partial charge in [-0.05, 0) is 43.1 Å². The molecule has 2 N–H and O–H groups in total. The van der Waals surface area contributed by atoms with Crippen molar-refractivity contribution >= 4 is 0 Å². The summed E-state index contributed by atoms with van der Waals surface area (Å²) in [6, 6.07) is 11.3. The highest BCUT2D eigenvalue weighted by Gasteiger charge is 2.40. The van der Waals surface area contributed by atoms with Crippen LogP contribution in [0.15, 0.2) is 30.3 Å². The van der Waals surface area contributed by atoms with E-state index in [1.54, 1.807) is 0 Å². The Balaban J connectivity index is 2.27. The van der Waals surface area contributed by atoms with E-state index in [0.717, 1.165) is 18.8 Å². The van der Waals surface area contributed by atoms with Crippen LogP contribution in [0.4, 0.5) is 0 Å². The third kappa shape index (κ3) is 2.93. The Morgan fingerprint density at radius 1 is 1.15 bits per heavy atom. The zero-order valence-electron chi connectivity index (χ0n) is 13.4. The van der Waals surface area contributed by atoms with Crippen LogP contribution in [0.25, 0.3) is 0 Å². The first-order chi connectivity index (χ1) is 9.64. The summed E-state index contributed by atoms with van der Waals surface area (Å²) in [4.78, 5) is 0. The first kappa shape index (κ1) is 15.6. The summed E-state index contributed by atoms with van der Waals surface area (Å²) in [7, 11) is 0. The van der Waals surface area contributed by atoms with Gasteiger partial charge in [-0.3, -0.25) is 0 Å². The van der Waals surface area contributed by atoms with Crippen LogP contribution in [0.5, 0.6) is 0 Å². The lowest BCUT2D eigenvalue weighted by molar-refractivity contribution is 0.173. The number of hydrogen-bond acceptors (Lipinski definition) is 1. The van der Waals surface area contributed by atoms with E-state index in [1.807, 2.05) is 0 Å². The van der Waals surface area contributed by atoms with Gasteiger partial charge in [-0.25, -0.2) is 0 Å². The third-order valence-corrected chi connectivity index (χ3v) is 5.73. The average Bonchev–Trinajstić information content (AvgIpc) is 2.50. The summed E-state index contributed by atoms with van der Waals surface area (Å²) in [5.41, 5.74) is 8.44.